The van der Waals surface area contributed by atoms with Crippen LogP contribution in [0.5, 0.6) is 0 Å². The number of hydrogen-bond acceptors (Lipinski definition) is 5. The van der Waals surface area contributed by atoms with Crippen LogP contribution in [-0.2, 0) is 14.4 Å². The molecular weight excluding hydrogens is 324 g/mol. The molecule has 1 aliphatic rings. The monoisotopic (exact) mass is 342 g/mol. The number of amides is 3. The number of carbonyl (C=O) groups excluding carboxylic acids is 3. The predicted molar refractivity (Wildman–Crippen MR) is 87.5 cm³/mol. The van der Waals surface area contributed by atoms with Crippen LogP contribution < -0.4 is 5.32 Å². The number of aliphatic hydroxyl groups excluding tert-OH is 1. The molecule has 130 valence electrons. The number of rotatable bonds is 6. The Morgan fingerprint density at radius 2 is 1.88 bits per heavy atom. The molecule has 25 heavy (non-hydrogen) atoms. The van der Waals surface area contributed by atoms with Crippen molar-refractivity contribution in [3.8, 4) is 5.69 Å². The van der Waals surface area contributed by atoms with Crippen molar-refractivity contribution in [2.75, 3.05) is 13.1 Å². The van der Waals surface area contributed by atoms with Crippen LogP contribution in [0.15, 0.2) is 42.7 Å². The highest BCUT2D eigenvalue weighted by molar-refractivity contribution is 6.04. The van der Waals surface area contributed by atoms with Gasteiger partial charge in [-0.3, -0.25) is 19.3 Å². The zero-order valence-corrected chi connectivity index (χ0v) is 13.5. The SMILES string of the molecule is O=C(CN1C(=O)CCC1=O)NCC(O)c1ccc(-n2cccn2)cc1. The highest BCUT2D eigenvalue weighted by Crippen LogP contribution is 2.15. The minimum absolute atomic E-state index is 0.00380. The topological polar surface area (TPSA) is 105 Å². The maximum absolute atomic E-state index is 11.9. The molecule has 1 unspecified atom stereocenters. The van der Waals surface area contributed by atoms with Crippen LogP contribution in [0.1, 0.15) is 24.5 Å². The van der Waals surface area contributed by atoms with Gasteiger partial charge in [-0.05, 0) is 23.8 Å². The number of carbonyl (C=O) groups is 3. The fourth-order valence-electron chi connectivity index (χ4n) is 2.60. The van der Waals surface area contributed by atoms with Gasteiger partial charge in [-0.2, -0.15) is 5.10 Å². The van der Waals surface area contributed by atoms with Crippen molar-refractivity contribution in [1.29, 1.82) is 0 Å². The Balaban J connectivity index is 1.52. The van der Waals surface area contributed by atoms with Crippen LogP contribution in [0.2, 0.25) is 0 Å². The lowest BCUT2D eigenvalue weighted by Crippen LogP contribution is -2.41. The second-order valence-corrected chi connectivity index (χ2v) is 5.74. The van der Waals surface area contributed by atoms with E-state index in [0.717, 1.165) is 10.6 Å². The second-order valence-electron chi connectivity index (χ2n) is 5.74. The fraction of sp³-hybridized carbons (Fsp3) is 0.294. The van der Waals surface area contributed by atoms with Crippen molar-refractivity contribution in [2.45, 2.75) is 18.9 Å². The largest absolute Gasteiger partial charge is 0.387 e. The van der Waals surface area contributed by atoms with Crippen LogP contribution in [0.4, 0.5) is 0 Å². The molecule has 1 fully saturated rings. The van der Waals surface area contributed by atoms with Crippen molar-refractivity contribution < 1.29 is 19.5 Å². The van der Waals surface area contributed by atoms with Crippen LogP contribution >= 0.6 is 0 Å². The summed E-state index contributed by atoms with van der Waals surface area (Å²) in [6.45, 7) is -0.307. The maximum Gasteiger partial charge on any atom is 0.240 e. The van der Waals surface area contributed by atoms with E-state index >= 15 is 0 Å². The maximum atomic E-state index is 11.9. The van der Waals surface area contributed by atoms with E-state index < -0.39 is 12.0 Å². The quantitative estimate of drug-likeness (QED) is 0.728. The first kappa shape index (κ1) is 16.8. The van der Waals surface area contributed by atoms with E-state index in [1.165, 1.54) is 0 Å². The van der Waals surface area contributed by atoms with Crippen molar-refractivity contribution in [2.24, 2.45) is 0 Å². The molecule has 8 heteroatoms. The van der Waals surface area contributed by atoms with Gasteiger partial charge in [0.25, 0.3) is 0 Å². The van der Waals surface area contributed by atoms with Crippen molar-refractivity contribution in [3.05, 3.63) is 48.3 Å². The van der Waals surface area contributed by atoms with Gasteiger partial charge in [0.2, 0.25) is 17.7 Å². The first-order chi connectivity index (χ1) is 12.0. The third-order valence-corrected chi connectivity index (χ3v) is 4.00. The molecule has 0 aliphatic carbocycles. The Labute approximate surface area is 144 Å². The van der Waals surface area contributed by atoms with Crippen LogP contribution in [0.3, 0.4) is 0 Å². The Bertz CT molecular complexity index is 754. The van der Waals surface area contributed by atoms with Gasteiger partial charge in [-0.1, -0.05) is 12.1 Å². The van der Waals surface area contributed by atoms with Crippen LogP contribution in [0, 0.1) is 0 Å². The summed E-state index contributed by atoms with van der Waals surface area (Å²) in [5.74, 6) is -1.15. The number of nitrogens with zero attached hydrogens (tertiary/aromatic N) is 3. The summed E-state index contributed by atoms with van der Waals surface area (Å²) in [6.07, 6.45) is 2.90. The van der Waals surface area contributed by atoms with E-state index in [1.54, 1.807) is 23.0 Å². The molecule has 2 heterocycles. The highest BCUT2D eigenvalue weighted by Gasteiger charge is 2.30. The Morgan fingerprint density at radius 3 is 2.48 bits per heavy atom. The summed E-state index contributed by atoms with van der Waals surface area (Å²) >= 11 is 0. The summed E-state index contributed by atoms with van der Waals surface area (Å²) < 4.78 is 1.70. The van der Waals surface area contributed by atoms with E-state index in [1.807, 2.05) is 24.4 Å². The van der Waals surface area contributed by atoms with E-state index in [-0.39, 0.29) is 37.7 Å². The lowest BCUT2D eigenvalue weighted by atomic mass is 10.1. The second kappa shape index (κ2) is 7.27. The smallest absolute Gasteiger partial charge is 0.240 e. The number of hydrogen-bond donors (Lipinski definition) is 2. The summed E-state index contributed by atoms with van der Waals surface area (Å²) in [6, 6.07) is 8.95. The normalized spacial score (nSPS) is 15.5. The number of aromatic nitrogens is 2. The number of imide groups is 1. The van der Waals surface area contributed by atoms with Gasteiger partial charge in [0.15, 0.2) is 0 Å². The van der Waals surface area contributed by atoms with Crippen LogP contribution in [0.25, 0.3) is 5.69 Å². The summed E-state index contributed by atoms with van der Waals surface area (Å²) in [5.41, 5.74) is 1.50. The minimum atomic E-state index is -0.888. The van der Waals surface area contributed by atoms with Gasteiger partial charge < -0.3 is 10.4 Å². The molecule has 2 N–H and O–H groups in total. The first-order valence-electron chi connectivity index (χ1n) is 7.92. The average molecular weight is 342 g/mol. The van der Waals surface area contributed by atoms with Gasteiger partial charge in [-0.15, -0.1) is 0 Å². The summed E-state index contributed by atoms with van der Waals surface area (Å²) in [5, 5.41) is 16.8. The van der Waals surface area contributed by atoms with Gasteiger partial charge in [0.1, 0.15) is 6.54 Å². The molecule has 1 saturated heterocycles. The first-order valence-corrected chi connectivity index (χ1v) is 7.92. The predicted octanol–water partition coefficient (Wildman–Crippen LogP) is 0.171. The Hall–Kier alpha value is -3.00. The average Bonchev–Trinajstić information content (AvgIpc) is 3.26. The molecule has 1 aromatic carbocycles. The molecular formula is C17H18N4O4. The van der Waals surface area contributed by atoms with Gasteiger partial charge in [0, 0.05) is 31.8 Å². The number of likely N-dealkylation sites (tertiary alicyclic amines) is 1. The van der Waals surface area contributed by atoms with E-state index in [2.05, 4.69) is 10.4 Å². The van der Waals surface area contributed by atoms with Gasteiger partial charge in [0.05, 0.1) is 11.8 Å². The standard InChI is InChI=1S/C17H18N4O4/c22-14(10-18-15(23)11-20-16(24)6-7-17(20)25)12-2-4-13(5-3-12)21-9-1-8-19-21/h1-5,8-9,14,22H,6-7,10-11H2,(H,18,23). The molecule has 1 aromatic heterocycles. The zero-order chi connectivity index (χ0) is 17.8. The molecule has 0 bridgehead atoms. The fourth-order valence-corrected chi connectivity index (χ4v) is 2.60. The lowest BCUT2D eigenvalue weighted by Gasteiger charge is -2.16. The molecule has 0 radical (unpaired) electrons. The number of nitrogens with one attached hydrogen (secondary N) is 1. The molecule has 1 atom stereocenters. The third kappa shape index (κ3) is 3.92. The molecule has 0 spiro atoms. The molecule has 8 nitrogen and oxygen atoms in total. The zero-order valence-electron chi connectivity index (χ0n) is 13.5. The molecule has 3 rings (SSSR count). The number of aliphatic hydroxyl groups is 1. The van der Waals surface area contributed by atoms with Crippen molar-refractivity contribution in [3.63, 3.8) is 0 Å². The summed E-state index contributed by atoms with van der Waals surface area (Å²) in [7, 11) is 0. The minimum Gasteiger partial charge on any atom is -0.387 e. The Morgan fingerprint density at radius 1 is 1.20 bits per heavy atom. The van der Waals surface area contributed by atoms with Crippen molar-refractivity contribution >= 4 is 17.7 Å². The van der Waals surface area contributed by atoms with Gasteiger partial charge in [-0.25, -0.2) is 4.68 Å². The van der Waals surface area contributed by atoms with E-state index in [9.17, 15) is 19.5 Å². The Kier molecular flexibility index (Phi) is 4.90. The molecule has 0 saturated carbocycles. The van der Waals surface area contributed by atoms with Crippen molar-refractivity contribution in [1.82, 2.24) is 20.0 Å². The summed E-state index contributed by atoms with van der Waals surface area (Å²) in [4.78, 5) is 35.8. The van der Waals surface area contributed by atoms with Gasteiger partial charge >= 0.3 is 0 Å². The third-order valence-electron chi connectivity index (χ3n) is 4.00. The molecule has 3 amide bonds. The van der Waals surface area contributed by atoms with E-state index in [0.29, 0.717) is 5.56 Å². The molecule has 2 aromatic rings. The number of benzene rings is 1. The van der Waals surface area contributed by atoms with Crippen LogP contribution in [-0.4, -0.2) is 50.6 Å². The molecule has 1 aliphatic heterocycles. The van der Waals surface area contributed by atoms with E-state index in [4.69, 9.17) is 0 Å². The lowest BCUT2D eigenvalue weighted by molar-refractivity contribution is -0.142. The highest BCUT2D eigenvalue weighted by atomic mass is 16.3.